The second kappa shape index (κ2) is 4.49. The van der Waals surface area contributed by atoms with Crippen LogP contribution in [0.3, 0.4) is 0 Å². The Bertz CT molecular complexity index is 335. The van der Waals surface area contributed by atoms with Crippen LogP contribution in [0.1, 0.15) is 18.4 Å². The third kappa shape index (κ3) is 2.39. The molecule has 0 aromatic carbocycles. The molecule has 1 aliphatic rings. The molecule has 4 heteroatoms. The zero-order valence-corrected chi connectivity index (χ0v) is 8.90. The number of hydrogen-bond donors (Lipinski definition) is 1. The number of aromatic nitrogens is 1. The Hall–Kier alpha value is -1.29. The number of pyridine rings is 1. The molecule has 1 atom stereocenters. The third-order valence-corrected chi connectivity index (χ3v) is 2.60. The van der Waals surface area contributed by atoms with Gasteiger partial charge in [0.05, 0.1) is 11.8 Å². The lowest BCUT2D eigenvalue weighted by atomic mass is 10.2. The molecule has 1 saturated heterocycles. The molecule has 0 aliphatic carbocycles. The maximum absolute atomic E-state index is 5.84. The predicted octanol–water partition coefficient (Wildman–Crippen LogP) is 1.53. The molecule has 1 aliphatic heterocycles. The van der Waals surface area contributed by atoms with Crippen LogP contribution in [0.25, 0.3) is 0 Å². The zero-order valence-electron chi connectivity index (χ0n) is 8.90. The first-order valence-electron chi connectivity index (χ1n) is 5.23. The Morgan fingerprint density at radius 2 is 2.53 bits per heavy atom. The number of rotatable bonds is 3. The largest absolute Gasteiger partial charge is 0.473 e. The molecule has 4 nitrogen and oxygen atoms in total. The molecule has 0 bridgehead atoms. The van der Waals surface area contributed by atoms with E-state index in [-0.39, 0.29) is 6.10 Å². The van der Waals surface area contributed by atoms with Gasteiger partial charge in [0.1, 0.15) is 6.61 Å². The summed E-state index contributed by atoms with van der Waals surface area (Å²) in [4.78, 5) is 4.10. The lowest BCUT2D eigenvalue weighted by Crippen LogP contribution is -2.17. The number of aryl methyl sites for hydroxylation is 1. The highest BCUT2D eigenvalue weighted by atomic mass is 16.5. The van der Waals surface area contributed by atoms with E-state index >= 15 is 0 Å². The van der Waals surface area contributed by atoms with Crippen LogP contribution in [-0.4, -0.2) is 24.3 Å². The van der Waals surface area contributed by atoms with Crippen LogP contribution in [0.4, 0.5) is 5.69 Å². The summed E-state index contributed by atoms with van der Waals surface area (Å²) in [5.74, 6) is 0.519. The van der Waals surface area contributed by atoms with Gasteiger partial charge in [-0.25, -0.2) is 4.98 Å². The zero-order chi connectivity index (χ0) is 10.7. The molecule has 1 unspecified atom stereocenters. The van der Waals surface area contributed by atoms with Crippen LogP contribution in [0.15, 0.2) is 12.3 Å². The van der Waals surface area contributed by atoms with Gasteiger partial charge >= 0.3 is 0 Å². The Morgan fingerprint density at radius 3 is 3.27 bits per heavy atom. The second-order valence-corrected chi connectivity index (χ2v) is 3.79. The van der Waals surface area contributed by atoms with E-state index < -0.39 is 0 Å². The van der Waals surface area contributed by atoms with Crippen LogP contribution in [0, 0.1) is 6.92 Å². The first-order valence-corrected chi connectivity index (χ1v) is 5.23. The number of nitrogen functional groups attached to an aromatic ring is 1. The third-order valence-electron chi connectivity index (χ3n) is 2.60. The number of nitrogens with zero attached hydrogens (tertiary/aromatic N) is 1. The fraction of sp³-hybridized carbons (Fsp3) is 0.545. The van der Waals surface area contributed by atoms with Crippen molar-refractivity contribution >= 4 is 5.69 Å². The van der Waals surface area contributed by atoms with Gasteiger partial charge in [-0.1, -0.05) is 0 Å². The first-order chi connectivity index (χ1) is 7.27. The van der Waals surface area contributed by atoms with Gasteiger partial charge in [-0.05, 0) is 31.4 Å². The summed E-state index contributed by atoms with van der Waals surface area (Å²) in [5, 5.41) is 0. The van der Waals surface area contributed by atoms with Crippen molar-refractivity contribution in [2.24, 2.45) is 0 Å². The van der Waals surface area contributed by atoms with Gasteiger partial charge in [-0.15, -0.1) is 0 Å². The lowest BCUT2D eigenvalue weighted by Gasteiger charge is -2.12. The van der Waals surface area contributed by atoms with E-state index in [1.165, 1.54) is 0 Å². The van der Waals surface area contributed by atoms with Crippen LogP contribution < -0.4 is 10.5 Å². The van der Waals surface area contributed by atoms with Gasteiger partial charge < -0.3 is 15.2 Å². The molecule has 1 fully saturated rings. The smallest absolute Gasteiger partial charge is 0.237 e. The quantitative estimate of drug-likeness (QED) is 0.818. The van der Waals surface area contributed by atoms with Crippen LogP contribution >= 0.6 is 0 Å². The van der Waals surface area contributed by atoms with E-state index in [1.54, 1.807) is 6.20 Å². The molecule has 0 spiro atoms. The first kappa shape index (κ1) is 10.2. The SMILES string of the molecule is Cc1ccnc(OCC2CCCO2)c1N. The Balaban J connectivity index is 1.95. The summed E-state index contributed by atoms with van der Waals surface area (Å²) in [6.07, 6.45) is 4.08. The van der Waals surface area contributed by atoms with Crippen LogP contribution in [0.5, 0.6) is 5.88 Å². The summed E-state index contributed by atoms with van der Waals surface area (Å²) in [6, 6.07) is 1.87. The van der Waals surface area contributed by atoms with Gasteiger partial charge in [-0.2, -0.15) is 0 Å². The van der Waals surface area contributed by atoms with Gasteiger partial charge in [-0.3, -0.25) is 0 Å². The minimum atomic E-state index is 0.201. The predicted molar refractivity (Wildman–Crippen MR) is 57.9 cm³/mol. The molecule has 1 aromatic heterocycles. The molecular formula is C11H16N2O2. The highest BCUT2D eigenvalue weighted by molar-refractivity contribution is 5.53. The van der Waals surface area contributed by atoms with E-state index in [9.17, 15) is 0 Å². The van der Waals surface area contributed by atoms with Crippen molar-refractivity contribution in [3.63, 3.8) is 0 Å². The fourth-order valence-electron chi connectivity index (χ4n) is 1.61. The minimum absolute atomic E-state index is 0.201. The monoisotopic (exact) mass is 208 g/mol. The van der Waals surface area contributed by atoms with Crippen molar-refractivity contribution in [2.45, 2.75) is 25.9 Å². The van der Waals surface area contributed by atoms with E-state index in [4.69, 9.17) is 15.2 Å². The molecule has 2 N–H and O–H groups in total. The lowest BCUT2D eigenvalue weighted by molar-refractivity contribution is 0.0666. The number of nitrogens with two attached hydrogens (primary N) is 1. The maximum atomic E-state index is 5.84. The standard InChI is InChI=1S/C11H16N2O2/c1-8-4-5-13-11(10(8)12)15-7-9-3-2-6-14-9/h4-5,9H,2-3,6-7,12H2,1H3. The molecule has 2 rings (SSSR count). The summed E-state index contributed by atoms with van der Waals surface area (Å²) in [5.41, 5.74) is 7.45. The Kier molecular flexibility index (Phi) is 3.06. The summed E-state index contributed by atoms with van der Waals surface area (Å²) in [6.45, 7) is 3.32. The molecule has 2 heterocycles. The highest BCUT2D eigenvalue weighted by Crippen LogP contribution is 2.22. The van der Waals surface area contributed by atoms with E-state index in [0.29, 0.717) is 18.2 Å². The normalized spacial score (nSPS) is 20.5. The van der Waals surface area contributed by atoms with E-state index in [2.05, 4.69) is 4.98 Å². The fourth-order valence-corrected chi connectivity index (χ4v) is 1.61. The van der Waals surface area contributed by atoms with Gasteiger partial charge in [0.25, 0.3) is 0 Å². The number of hydrogen-bond acceptors (Lipinski definition) is 4. The Morgan fingerprint density at radius 1 is 1.67 bits per heavy atom. The van der Waals surface area contributed by atoms with E-state index in [0.717, 1.165) is 25.0 Å². The molecule has 0 radical (unpaired) electrons. The summed E-state index contributed by atoms with van der Waals surface area (Å²) < 4.78 is 11.0. The van der Waals surface area contributed by atoms with Crippen LogP contribution in [-0.2, 0) is 4.74 Å². The summed E-state index contributed by atoms with van der Waals surface area (Å²) in [7, 11) is 0. The summed E-state index contributed by atoms with van der Waals surface area (Å²) >= 11 is 0. The number of ether oxygens (including phenoxy) is 2. The maximum Gasteiger partial charge on any atom is 0.237 e. The van der Waals surface area contributed by atoms with Crippen molar-refractivity contribution in [1.82, 2.24) is 4.98 Å². The molecular weight excluding hydrogens is 192 g/mol. The van der Waals surface area contributed by atoms with Crippen molar-refractivity contribution in [1.29, 1.82) is 0 Å². The number of anilines is 1. The topological polar surface area (TPSA) is 57.4 Å². The molecule has 0 amide bonds. The van der Waals surface area contributed by atoms with Crippen molar-refractivity contribution in [2.75, 3.05) is 18.9 Å². The van der Waals surface area contributed by atoms with Crippen molar-refractivity contribution in [3.05, 3.63) is 17.8 Å². The van der Waals surface area contributed by atoms with Gasteiger partial charge in [0.15, 0.2) is 0 Å². The second-order valence-electron chi connectivity index (χ2n) is 3.79. The van der Waals surface area contributed by atoms with Gasteiger partial charge in [0, 0.05) is 12.8 Å². The Labute approximate surface area is 89.4 Å². The molecule has 0 saturated carbocycles. The molecule has 1 aromatic rings. The average Bonchev–Trinajstić information content (AvgIpc) is 2.73. The van der Waals surface area contributed by atoms with E-state index in [1.807, 2.05) is 13.0 Å². The van der Waals surface area contributed by atoms with Crippen LogP contribution in [0.2, 0.25) is 0 Å². The van der Waals surface area contributed by atoms with Gasteiger partial charge in [0.2, 0.25) is 5.88 Å². The molecule has 82 valence electrons. The van der Waals surface area contributed by atoms with Crippen molar-refractivity contribution < 1.29 is 9.47 Å². The van der Waals surface area contributed by atoms with Crippen molar-refractivity contribution in [3.8, 4) is 5.88 Å². The molecule has 15 heavy (non-hydrogen) atoms. The average molecular weight is 208 g/mol. The minimum Gasteiger partial charge on any atom is -0.473 e. The highest BCUT2D eigenvalue weighted by Gasteiger charge is 2.17.